The lowest BCUT2D eigenvalue weighted by Crippen LogP contribution is -2.49. The summed E-state index contributed by atoms with van der Waals surface area (Å²) in [5.74, 6) is -1.98. The first-order chi connectivity index (χ1) is 17.0. The fraction of sp³-hybridized carbons (Fsp3) is 0.296. The Labute approximate surface area is 208 Å². The molecule has 0 unspecified atom stereocenters. The maximum absolute atomic E-state index is 15.1. The van der Waals surface area contributed by atoms with Crippen LogP contribution < -0.4 is 15.5 Å². The Kier molecular flexibility index (Phi) is 7.92. The highest BCUT2D eigenvalue weighted by Gasteiger charge is 2.36. The number of thiophene rings is 1. The van der Waals surface area contributed by atoms with Gasteiger partial charge in [-0.2, -0.15) is 0 Å². The number of carbonyl (C=O) groups is 3. The first kappa shape index (κ1) is 24.6. The summed E-state index contributed by atoms with van der Waals surface area (Å²) in [5, 5.41) is 7.46. The molecule has 2 aromatic carbocycles. The molecular formula is C27H28FN3O3S. The minimum absolute atomic E-state index is 0.0160. The van der Waals surface area contributed by atoms with E-state index in [4.69, 9.17) is 0 Å². The molecule has 3 aromatic rings. The van der Waals surface area contributed by atoms with Crippen molar-refractivity contribution in [3.8, 4) is 0 Å². The molecule has 182 valence electrons. The second-order valence-electron chi connectivity index (χ2n) is 8.62. The molecule has 0 radical (unpaired) electrons. The fourth-order valence-electron chi connectivity index (χ4n) is 4.44. The molecule has 1 aromatic heterocycles. The fourth-order valence-corrected chi connectivity index (χ4v) is 5.08. The molecular weight excluding hydrogens is 465 g/mol. The molecule has 1 fully saturated rings. The standard InChI is InChI=1S/C27H28FN3O3S/c1-18-9-2-5-12-20(18)25(27(34)30-19-10-3-4-11-19)31(22-14-7-6-13-21(22)28)24(32)17-29-26(33)23-15-8-16-35-23/h2,5-9,12-16,19,25H,3-4,10-11,17H2,1H3,(H,29,33)(H,30,34)/t25-/m1/s1. The van der Waals surface area contributed by atoms with E-state index in [2.05, 4.69) is 10.6 Å². The molecule has 1 heterocycles. The van der Waals surface area contributed by atoms with E-state index in [1.54, 1.807) is 35.7 Å². The quantitative estimate of drug-likeness (QED) is 0.475. The number of halogens is 1. The van der Waals surface area contributed by atoms with E-state index < -0.39 is 23.7 Å². The van der Waals surface area contributed by atoms with Crippen molar-refractivity contribution in [3.63, 3.8) is 0 Å². The van der Waals surface area contributed by atoms with Gasteiger partial charge in [-0.05, 0) is 54.5 Å². The zero-order chi connectivity index (χ0) is 24.8. The SMILES string of the molecule is Cc1ccccc1[C@H](C(=O)NC1CCCC1)N(C(=O)CNC(=O)c1cccs1)c1ccccc1F. The summed E-state index contributed by atoms with van der Waals surface area (Å²) in [5.41, 5.74) is 1.39. The minimum atomic E-state index is -1.10. The van der Waals surface area contributed by atoms with Gasteiger partial charge in [0, 0.05) is 6.04 Å². The highest BCUT2D eigenvalue weighted by molar-refractivity contribution is 7.12. The molecule has 1 aliphatic carbocycles. The van der Waals surface area contributed by atoms with Crippen molar-refractivity contribution in [1.82, 2.24) is 10.6 Å². The lowest BCUT2D eigenvalue weighted by Gasteiger charge is -2.33. The van der Waals surface area contributed by atoms with Gasteiger partial charge in [0.05, 0.1) is 17.1 Å². The second kappa shape index (κ2) is 11.3. The number of aryl methyl sites for hydroxylation is 1. The average Bonchev–Trinajstić information content (AvgIpc) is 3.57. The zero-order valence-electron chi connectivity index (χ0n) is 19.5. The third-order valence-corrected chi connectivity index (χ3v) is 7.09. The number of hydrogen-bond acceptors (Lipinski definition) is 4. The molecule has 8 heteroatoms. The van der Waals surface area contributed by atoms with Crippen molar-refractivity contribution in [2.24, 2.45) is 0 Å². The number of rotatable bonds is 8. The van der Waals surface area contributed by atoms with E-state index in [-0.39, 0.29) is 24.2 Å². The maximum Gasteiger partial charge on any atom is 0.261 e. The summed E-state index contributed by atoms with van der Waals surface area (Å²) in [6.07, 6.45) is 3.81. The Morgan fingerprint density at radius 3 is 2.43 bits per heavy atom. The molecule has 3 amide bonds. The number of hydrogen-bond donors (Lipinski definition) is 2. The second-order valence-corrected chi connectivity index (χ2v) is 9.57. The van der Waals surface area contributed by atoms with Crippen LogP contribution in [0.4, 0.5) is 10.1 Å². The van der Waals surface area contributed by atoms with Gasteiger partial charge in [-0.3, -0.25) is 19.3 Å². The summed E-state index contributed by atoms with van der Waals surface area (Å²) in [4.78, 5) is 41.4. The lowest BCUT2D eigenvalue weighted by molar-refractivity contribution is -0.126. The van der Waals surface area contributed by atoms with Crippen LogP contribution in [0, 0.1) is 12.7 Å². The summed E-state index contributed by atoms with van der Waals surface area (Å²) < 4.78 is 15.1. The largest absolute Gasteiger partial charge is 0.351 e. The van der Waals surface area contributed by atoms with Crippen LogP contribution in [-0.2, 0) is 9.59 Å². The first-order valence-corrected chi connectivity index (χ1v) is 12.6. The minimum Gasteiger partial charge on any atom is -0.351 e. The normalized spacial score (nSPS) is 14.3. The van der Waals surface area contributed by atoms with Crippen LogP contribution in [0.15, 0.2) is 66.0 Å². The van der Waals surface area contributed by atoms with Crippen LogP contribution >= 0.6 is 11.3 Å². The predicted molar refractivity (Wildman–Crippen MR) is 135 cm³/mol. The van der Waals surface area contributed by atoms with Crippen LogP contribution in [0.25, 0.3) is 0 Å². The summed E-state index contributed by atoms with van der Waals surface area (Å²) in [6.45, 7) is 1.47. The third-order valence-electron chi connectivity index (χ3n) is 6.22. The smallest absolute Gasteiger partial charge is 0.261 e. The molecule has 0 bridgehead atoms. The van der Waals surface area contributed by atoms with Crippen molar-refractivity contribution in [3.05, 3.63) is 87.9 Å². The van der Waals surface area contributed by atoms with E-state index in [0.717, 1.165) is 31.2 Å². The van der Waals surface area contributed by atoms with Crippen molar-refractivity contribution in [1.29, 1.82) is 0 Å². The van der Waals surface area contributed by atoms with Gasteiger partial charge in [-0.15, -0.1) is 11.3 Å². The highest BCUT2D eigenvalue weighted by Crippen LogP contribution is 2.32. The molecule has 2 N–H and O–H groups in total. The van der Waals surface area contributed by atoms with Crippen molar-refractivity contribution < 1.29 is 18.8 Å². The van der Waals surface area contributed by atoms with Gasteiger partial charge in [0.1, 0.15) is 11.9 Å². The van der Waals surface area contributed by atoms with E-state index in [1.807, 2.05) is 19.1 Å². The van der Waals surface area contributed by atoms with Crippen LogP contribution in [-0.4, -0.2) is 30.3 Å². The molecule has 1 atom stereocenters. The molecule has 4 rings (SSSR count). The Morgan fingerprint density at radius 1 is 1.03 bits per heavy atom. The number of nitrogens with one attached hydrogen (secondary N) is 2. The van der Waals surface area contributed by atoms with Crippen molar-refractivity contribution in [2.75, 3.05) is 11.4 Å². The zero-order valence-corrected chi connectivity index (χ0v) is 20.3. The Morgan fingerprint density at radius 2 is 1.74 bits per heavy atom. The van der Waals surface area contributed by atoms with Crippen LogP contribution in [0.1, 0.15) is 52.5 Å². The third kappa shape index (κ3) is 5.77. The molecule has 0 saturated heterocycles. The van der Waals surface area contributed by atoms with Crippen molar-refractivity contribution >= 4 is 34.7 Å². The Hall–Kier alpha value is -3.52. The molecule has 1 aliphatic rings. The van der Waals surface area contributed by atoms with E-state index in [1.165, 1.54) is 34.4 Å². The average molecular weight is 494 g/mol. The van der Waals surface area contributed by atoms with Gasteiger partial charge in [-0.25, -0.2) is 4.39 Å². The van der Waals surface area contributed by atoms with Crippen LogP contribution in [0.3, 0.4) is 0 Å². The summed E-state index contributed by atoms with van der Waals surface area (Å²) >= 11 is 1.26. The van der Waals surface area contributed by atoms with Gasteiger partial charge in [0.2, 0.25) is 11.8 Å². The van der Waals surface area contributed by atoms with Gasteiger partial charge in [0.15, 0.2) is 0 Å². The van der Waals surface area contributed by atoms with Crippen LogP contribution in [0.5, 0.6) is 0 Å². The van der Waals surface area contributed by atoms with E-state index in [0.29, 0.717) is 10.4 Å². The summed E-state index contributed by atoms with van der Waals surface area (Å²) in [7, 11) is 0. The molecule has 0 spiro atoms. The van der Waals surface area contributed by atoms with E-state index >= 15 is 4.39 Å². The lowest BCUT2D eigenvalue weighted by atomic mass is 9.97. The van der Waals surface area contributed by atoms with Crippen molar-refractivity contribution in [2.45, 2.75) is 44.7 Å². The van der Waals surface area contributed by atoms with Gasteiger partial charge in [-0.1, -0.05) is 55.3 Å². The monoisotopic (exact) mass is 493 g/mol. The molecule has 6 nitrogen and oxygen atoms in total. The van der Waals surface area contributed by atoms with E-state index in [9.17, 15) is 14.4 Å². The van der Waals surface area contributed by atoms with Crippen LogP contribution in [0.2, 0.25) is 0 Å². The first-order valence-electron chi connectivity index (χ1n) is 11.7. The Bertz CT molecular complexity index is 1190. The number of amides is 3. The Balaban J connectivity index is 1.71. The predicted octanol–water partition coefficient (Wildman–Crippen LogP) is 4.76. The number of carbonyl (C=O) groups excluding carboxylic acids is 3. The maximum atomic E-state index is 15.1. The number of anilines is 1. The van der Waals surface area contributed by atoms with Gasteiger partial charge < -0.3 is 10.6 Å². The topological polar surface area (TPSA) is 78.5 Å². The molecule has 35 heavy (non-hydrogen) atoms. The number of nitrogens with zero attached hydrogens (tertiary/aromatic N) is 1. The summed E-state index contributed by atoms with van der Waals surface area (Å²) in [6, 6.07) is 15.5. The molecule has 0 aliphatic heterocycles. The number of para-hydroxylation sites is 1. The molecule has 1 saturated carbocycles. The highest BCUT2D eigenvalue weighted by atomic mass is 32.1. The van der Waals surface area contributed by atoms with Gasteiger partial charge >= 0.3 is 0 Å². The van der Waals surface area contributed by atoms with Gasteiger partial charge in [0.25, 0.3) is 5.91 Å². The number of benzene rings is 2.